The van der Waals surface area contributed by atoms with Crippen molar-refractivity contribution in [3.63, 3.8) is 0 Å². The molecule has 2 N–H and O–H groups in total. The van der Waals surface area contributed by atoms with Crippen LogP contribution in [0.5, 0.6) is 0 Å². The molecule has 4 aromatic rings. The molecule has 31 heavy (non-hydrogen) atoms. The van der Waals surface area contributed by atoms with Gasteiger partial charge in [0.25, 0.3) is 5.91 Å². The zero-order chi connectivity index (χ0) is 21.6. The largest absolute Gasteiger partial charge is 0.339 e. The van der Waals surface area contributed by atoms with Crippen molar-refractivity contribution >= 4 is 23.2 Å². The predicted octanol–water partition coefficient (Wildman–Crippen LogP) is 2.96. The molecule has 1 aromatic carbocycles. The topological polar surface area (TPSA) is 123 Å². The fourth-order valence-electron chi connectivity index (χ4n) is 2.75. The summed E-state index contributed by atoms with van der Waals surface area (Å²) in [6, 6.07) is 13.1. The Labute approximate surface area is 181 Å². The fourth-order valence-corrected chi connectivity index (χ4v) is 3.72. The summed E-state index contributed by atoms with van der Waals surface area (Å²) in [4.78, 5) is 37.6. The summed E-state index contributed by atoms with van der Waals surface area (Å²) in [6.07, 6.45) is 3.59. The van der Waals surface area contributed by atoms with Crippen molar-refractivity contribution in [3.05, 3.63) is 71.3 Å². The maximum atomic E-state index is 12.4. The van der Waals surface area contributed by atoms with E-state index in [1.807, 2.05) is 30.3 Å². The van der Waals surface area contributed by atoms with Crippen LogP contribution >= 0.6 is 11.3 Å². The minimum absolute atomic E-state index is 0.0786. The maximum Gasteiger partial charge on any atom is 0.281 e. The van der Waals surface area contributed by atoms with Crippen molar-refractivity contribution in [1.29, 1.82) is 0 Å². The Hall–Kier alpha value is -3.92. The summed E-state index contributed by atoms with van der Waals surface area (Å²) in [5, 5.41) is 4.64. The Bertz CT molecular complexity index is 1190. The molecule has 0 spiro atoms. The van der Waals surface area contributed by atoms with Gasteiger partial charge >= 0.3 is 0 Å². The number of aromatic nitrogens is 4. The third kappa shape index (κ3) is 4.98. The normalized spacial score (nSPS) is 10.6. The first-order chi connectivity index (χ1) is 15.1. The number of carbonyl (C=O) groups excluding carboxylic acids is 2. The molecule has 3 aromatic heterocycles. The first-order valence-corrected chi connectivity index (χ1v) is 10.3. The monoisotopic (exact) mass is 434 g/mol. The van der Waals surface area contributed by atoms with E-state index in [1.54, 1.807) is 31.5 Å². The van der Waals surface area contributed by atoms with E-state index in [-0.39, 0.29) is 18.7 Å². The molecule has 4 rings (SSSR count). The second-order valence-corrected chi connectivity index (χ2v) is 7.55. The molecule has 0 saturated heterocycles. The lowest BCUT2D eigenvalue weighted by molar-refractivity contribution is -0.121. The Morgan fingerprint density at radius 3 is 2.55 bits per heavy atom. The summed E-state index contributed by atoms with van der Waals surface area (Å²) in [7, 11) is 0. The molecule has 2 amide bonds. The van der Waals surface area contributed by atoms with E-state index in [0.717, 1.165) is 16.1 Å². The van der Waals surface area contributed by atoms with Gasteiger partial charge < -0.3 is 4.52 Å². The van der Waals surface area contributed by atoms with Crippen molar-refractivity contribution in [2.75, 3.05) is 0 Å². The maximum absolute atomic E-state index is 12.4. The summed E-state index contributed by atoms with van der Waals surface area (Å²) >= 11 is 1.27. The predicted molar refractivity (Wildman–Crippen MR) is 114 cm³/mol. The number of thiazole rings is 1. The highest BCUT2D eigenvalue weighted by Crippen LogP contribution is 2.27. The van der Waals surface area contributed by atoms with Gasteiger partial charge in [-0.1, -0.05) is 35.5 Å². The second-order valence-electron chi connectivity index (χ2n) is 6.55. The lowest BCUT2D eigenvalue weighted by atomic mass is 10.2. The van der Waals surface area contributed by atoms with Gasteiger partial charge in [0.1, 0.15) is 9.88 Å². The van der Waals surface area contributed by atoms with Gasteiger partial charge in [0, 0.05) is 36.4 Å². The Morgan fingerprint density at radius 2 is 1.77 bits per heavy atom. The SMILES string of the molecule is Cc1nc(-c2ccccc2)sc1C(=O)NNC(=O)CCc1nc(-c2ccncc2)no1. The number of aryl methyl sites for hydroxylation is 2. The van der Waals surface area contributed by atoms with Gasteiger partial charge in [-0.2, -0.15) is 4.98 Å². The highest BCUT2D eigenvalue weighted by molar-refractivity contribution is 7.17. The third-order valence-electron chi connectivity index (χ3n) is 4.31. The zero-order valence-electron chi connectivity index (χ0n) is 16.5. The molecule has 0 bridgehead atoms. The molecule has 10 heteroatoms. The van der Waals surface area contributed by atoms with Crippen LogP contribution in [-0.2, 0) is 11.2 Å². The van der Waals surface area contributed by atoms with Gasteiger partial charge in [-0.05, 0) is 19.1 Å². The first-order valence-electron chi connectivity index (χ1n) is 9.45. The van der Waals surface area contributed by atoms with E-state index in [4.69, 9.17) is 4.52 Å². The van der Waals surface area contributed by atoms with Crippen LogP contribution in [-0.4, -0.2) is 31.9 Å². The molecule has 9 nitrogen and oxygen atoms in total. The van der Waals surface area contributed by atoms with Gasteiger partial charge in [-0.25, -0.2) is 4.98 Å². The van der Waals surface area contributed by atoms with E-state index in [0.29, 0.717) is 22.3 Å². The second kappa shape index (κ2) is 9.26. The van der Waals surface area contributed by atoms with Crippen LogP contribution < -0.4 is 10.9 Å². The van der Waals surface area contributed by atoms with E-state index >= 15 is 0 Å². The number of hydrogen-bond donors (Lipinski definition) is 2. The summed E-state index contributed by atoms with van der Waals surface area (Å²) in [5.74, 6) is -0.0224. The van der Waals surface area contributed by atoms with Crippen molar-refractivity contribution in [3.8, 4) is 22.0 Å². The molecule has 0 aliphatic rings. The standard InChI is InChI=1S/C21H18N6O3S/c1-13-18(31-21(23-13)15-5-3-2-4-6-15)20(29)26-25-16(28)7-8-17-24-19(27-30-17)14-9-11-22-12-10-14/h2-6,9-12H,7-8H2,1H3,(H,25,28)(H,26,29). The highest BCUT2D eigenvalue weighted by Gasteiger charge is 2.17. The molecule has 0 aliphatic carbocycles. The minimum atomic E-state index is -0.414. The number of amides is 2. The quantitative estimate of drug-likeness (QED) is 0.447. The molecule has 0 atom stereocenters. The molecule has 0 radical (unpaired) electrons. The molecular formula is C21H18N6O3S. The van der Waals surface area contributed by atoms with E-state index in [2.05, 4.69) is 31.0 Å². The lowest BCUT2D eigenvalue weighted by Gasteiger charge is -2.05. The summed E-state index contributed by atoms with van der Waals surface area (Å²) < 4.78 is 5.17. The fraction of sp³-hybridized carbons (Fsp3) is 0.143. The van der Waals surface area contributed by atoms with Crippen LogP contribution in [0.1, 0.15) is 27.7 Å². The summed E-state index contributed by atoms with van der Waals surface area (Å²) in [5.41, 5.74) is 7.15. The number of benzene rings is 1. The van der Waals surface area contributed by atoms with Crippen molar-refractivity contribution in [1.82, 2.24) is 31.0 Å². The molecule has 0 saturated carbocycles. The number of hydrazine groups is 1. The Morgan fingerprint density at radius 1 is 1.00 bits per heavy atom. The van der Waals surface area contributed by atoms with Crippen molar-refractivity contribution in [2.45, 2.75) is 19.8 Å². The van der Waals surface area contributed by atoms with Gasteiger partial charge in [-0.3, -0.25) is 25.4 Å². The highest BCUT2D eigenvalue weighted by atomic mass is 32.1. The zero-order valence-corrected chi connectivity index (χ0v) is 17.3. The molecule has 3 heterocycles. The van der Waals surface area contributed by atoms with E-state index in [1.165, 1.54) is 11.3 Å². The van der Waals surface area contributed by atoms with Crippen molar-refractivity contribution in [2.24, 2.45) is 0 Å². The molecular weight excluding hydrogens is 416 g/mol. The Balaban J connectivity index is 1.29. The molecule has 0 aliphatic heterocycles. The van der Waals surface area contributed by atoms with Crippen LogP contribution in [0.15, 0.2) is 59.4 Å². The number of hydrogen-bond acceptors (Lipinski definition) is 8. The van der Waals surface area contributed by atoms with Gasteiger partial charge in [0.15, 0.2) is 0 Å². The smallest absolute Gasteiger partial charge is 0.281 e. The summed E-state index contributed by atoms with van der Waals surface area (Å²) in [6.45, 7) is 1.76. The van der Waals surface area contributed by atoms with Crippen LogP contribution in [0.4, 0.5) is 0 Å². The molecule has 0 unspecified atom stereocenters. The number of pyridine rings is 1. The average Bonchev–Trinajstić information content (AvgIpc) is 3.44. The lowest BCUT2D eigenvalue weighted by Crippen LogP contribution is -2.41. The third-order valence-corrected chi connectivity index (χ3v) is 5.52. The number of rotatable bonds is 6. The van der Waals surface area contributed by atoms with Crippen LogP contribution in [0.2, 0.25) is 0 Å². The number of nitrogens with zero attached hydrogens (tertiary/aromatic N) is 4. The van der Waals surface area contributed by atoms with Crippen molar-refractivity contribution < 1.29 is 14.1 Å². The Kier molecular flexibility index (Phi) is 6.08. The van der Waals surface area contributed by atoms with E-state index < -0.39 is 5.91 Å². The average molecular weight is 434 g/mol. The minimum Gasteiger partial charge on any atom is -0.339 e. The van der Waals surface area contributed by atoms with E-state index in [9.17, 15) is 9.59 Å². The molecule has 0 fully saturated rings. The number of carbonyl (C=O) groups is 2. The van der Waals surface area contributed by atoms with Crippen LogP contribution in [0, 0.1) is 6.92 Å². The molecule has 156 valence electrons. The number of nitrogens with one attached hydrogen (secondary N) is 2. The first kappa shape index (κ1) is 20.4. The van der Waals surface area contributed by atoms with Crippen LogP contribution in [0.25, 0.3) is 22.0 Å². The van der Waals surface area contributed by atoms with Gasteiger partial charge in [0.2, 0.25) is 17.6 Å². The van der Waals surface area contributed by atoms with Gasteiger partial charge in [0.05, 0.1) is 5.69 Å². The van der Waals surface area contributed by atoms with Crippen LogP contribution in [0.3, 0.4) is 0 Å². The van der Waals surface area contributed by atoms with Gasteiger partial charge in [-0.15, -0.1) is 11.3 Å².